The van der Waals surface area contributed by atoms with Gasteiger partial charge in [0.2, 0.25) is 0 Å². The molecule has 38 heavy (non-hydrogen) atoms. The molecule has 1 amide bonds. The summed E-state index contributed by atoms with van der Waals surface area (Å²) in [6.07, 6.45) is 1.57. The lowest BCUT2D eigenvalue weighted by Gasteiger charge is -2.29. The molecule has 0 saturated carbocycles. The van der Waals surface area contributed by atoms with Crippen LogP contribution in [0.15, 0.2) is 59.8 Å². The highest BCUT2D eigenvalue weighted by Gasteiger charge is 2.30. The van der Waals surface area contributed by atoms with Crippen molar-refractivity contribution in [1.82, 2.24) is 10.2 Å². The number of halogens is 1. The highest BCUT2D eigenvalue weighted by molar-refractivity contribution is 6.38. The number of aliphatic hydroxyl groups is 1. The van der Waals surface area contributed by atoms with E-state index in [1.807, 2.05) is 36.4 Å². The van der Waals surface area contributed by atoms with Gasteiger partial charge in [-0.25, -0.2) is 4.39 Å². The zero-order chi connectivity index (χ0) is 26.5. The largest absolute Gasteiger partial charge is 0.486 e. The second kappa shape index (κ2) is 11.8. The molecule has 2 aliphatic rings. The Bertz CT molecular complexity index is 1320. The van der Waals surface area contributed by atoms with E-state index >= 15 is 0 Å². The maximum atomic E-state index is 14.7. The molecular weight excluding hydrogens is 489 g/mol. The number of benzene rings is 3. The molecule has 0 aromatic heterocycles. The Morgan fingerprint density at radius 3 is 2.61 bits per heavy atom. The number of aliphatic hydroxyl groups excluding tert-OH is 1. The van der Waals surface area contributed by atoms with Gasteiger partial charge in [-0.15, -0.1) is 0 Å². The number of carbonyl (C=O) groups is 1. The van der Waals surface area contributed by atoms with Crippen LogP contribution in [0.4, 0.5) is 4.39 Å². The van der Waals surface area contributed by atoms with Gasteiger partial charge < -0.3 is 30.0 Å². The van der Waals surface area contributed by atoms with Crippen LogP contribution < -0.4 is 14.8 Å². The van der Waals surface area contributed by atoms with Crippen LogP contribution in [0.2, 0.25) is 0 Å². The smallest absolute Gasteiger partial charge is 0.269 e. The quantitative estimate of drug-likeness (QED) is 0.225. The summed E-state index contributed by atoms with van der Waals surface area (Å²) in [5.74, 6) is -0.953. The molecule has 2 aliphatic heterocycles. The average Bonchev–Trinajstić information content (AvgIpc) is 3.46. The molecule has 1 saturated heterocycles. The lowest BCUT2D eigenvalue weighted by Crippen LogP contribution is -2.48. The Balaban J connectivity index is 1.30. The average molecular weight is 522 g/mol. The first-order chi connectivity index (χ1) is 18.5. The summed E-state index contributed by atoms with van der Waals surface area (Å²) in [5, 5.41) is 29.2. The molecule has 3 aromatic rings. The Morgan fingerprint density at radius 1 is 1.05 bits per heavy atom. The minimum absolute atomic E-state index is 0.0238. The van der Waals surface area contributed by atoms with Gasteiger partial charge >= 0.3 is 0 Å². The van der Waals surface area contributed by atoms with Crippen molar-refractivity contribution in [2.45, 2.75) is 37.8 Å². The minimum Gasteiger partial charge on any atom is -0.486 e. The van der Waals surface area contributed by atoms with Crippen molar-refractivity contribution in [3.05, 3.63) is 71.5 Å². The summed E-state index contributed by atoms with van der Waals surface area (Å²) in [6, 6.07) is 16.1. The third kappa shape index (κ3) is 5.89. The normalized spacial score (nSPS) is 17.4. The van der Waals surface area contributed by atoms with Gasteiger partial charge in [-0.2, -0.15) is 0 Å². The number of fused-ring (bicyclic) bond motifs is 2. The fraction of sp³-hybridized carbons (Fsp3) is 0.379. The first-order valence-electron chi connectivity index (χ1n) is 13.0. The number of nitrogens with zero attached hydrogens (tertiary/aromatic N) is 2. The van der Waals surface area contributed by atoms with Gasteiger partial charge in [0.1, 0.15) is 25.0 Å². The molecule has 0 bridgehead atoms. The molecule has 0 unspecified atom stereocenters. The number of carbonyl (C=O) groups excluding carboxylic acids is 1. The molecule has 0 spiro atoms. The van der Waals surface area contributed by atoms with Crippen molar-refractivity contribution in [3.8, 4) is 11.5 Å². The number of hydrogen-bond donors (Lipinski definition) is 3. The number of hydrogen-bond acceptors (Lipinski definition) is 7. The first-order valence-corrected chi connectivity index (χ1v) is 13.0. The first kappa shape index (κ1) is 25.9. The summed E-state index contributed by atoms with van der Waals surface area (Å²) in [5.41, 5.74) is 1.25. The van der Waals surface area contributed by atoms with Crippen LogP contribution in [0.5, 0.6) is 11.5 Å². The van der Waals surface area contributed by atoms with Gasteiger partial charge in [0.05, 0.1) is 6.04 Å². The topological polar surface area (TPSA) is 104 Å². The molecule has 200 valence electrons. The van der Waals surface area contributed by atoms with Gasteiger partial charge in [-0.1, -0.05) is 47.6 Å². The van der Waals surface area contributed by atoms with Crippen LogP contribution in [0.25, 0.3) is 10.8 Å². The van der Waals surface area contributed by atoms with Crippen LogP contribution in [-0.4, -0.2) is 65.7 Å². The van der Waals surface area contributed by atoms with Gasteiger partial charge in [0.25, 0.3) is 5.91 Å². The Labute approximate surface area is 220 Å². The molecule has 0 aliphatic carbocycles. The summed E-state index contributed by atoms with van der Waals surface area (Å²) in [6.45, 7) is 2.59. The Kier molecular flexibility index (Phi) is 8.05. The minimum atomic E-state index is -1.22. The summed E-state index contributed by atoms with van der Waals surface area (Å²) >= 11 is 0. The predicted molar refractivity (Wildman–Crippen MR) is 141 cm³/mol. The number of amides is 1. The molecule has 5 rings (SSSR count). The third-order valence-corrected chi connectivity index (χ3v) is 7.16. The van der Waals surface area contributed by atoms with Crippen molar-refractivity contribution >= 4 is 22.4 Å². The van der Waals surface area contributed by atoms with Crippen molar-refractivity contribution in [2.24, 2.45) is 5.16 Å². The molecular formula is C29H32FN3O5. The number of aryl methyl sites for hydroxylation is 1. The number of rotatable bonds is 9. The number of ether oxygens (including phenoxy) is 2. The zero-order valence-corrected chi connectivity index (χ0v) is 21.1. The van der Waals surface area contributed by atoms with E-state index in [1.165, 1.54) is 6.07 Å². The van der Waals surface area contributed by atoms with E-state index in [0.29, 0.717) is 13.0 Å². The van der Waals surface area contributed by atoms with E-state index in [9.17, 15) is 19.5 Å². The maximum Gasteiger partial charge on any atom is 0.269 e. The Morgan fingerprint density at radius 2 is 1.82 bits per heavy atom. The molecule has 2 atom stereocenters. The molecule has 9 heteroatoms. The van der Waals surface area contributed by atoms with Crippen molar-refractivity contribution in [3.63, 3.8) is 0 Å². The standard InChI is InChI=1S/C29H32FN3O5/c30-23-16-22(17-26-28(23)38-14-13-37-26)27(34)25(18-33-11-3-4-12-33)31-29(35)24(32-36)10-8-19-7-9-20-5-1-2-6-21(20)15-19/h1-2,5-7,9,15-17,25,27,34,36H,3-4,8,10-14,18H2,(H,31,35)/b32-24+/t25-,27-/m1/s1. The van der Waals surface area contributed by atoms with Crippen molar-refractivity contribution < 1.29 is 29.0 Å². The van der Waals surface area contributed by atoms with Gasteiger partial charge in [-0.3, -0.25) is 4.79 Å². The van der Waals surface area contributed by atoms with Gasteiger partial charge in [-0.05, 0) is 66.4 Å². The van der Waals surface area contributed by atoms with E-state index in [0.717, 1.165) is 42.3 Å². The number of nitrogens with one attached hydrogen (secondary N) is 1. The lowest BCUT2D eigenvalue weighted by molar-refractivity contribution is -0.116. The second-order valence-electron chi connectivity index (χ2n) is 9.79. The summed E-state index contributed by atoms with van der Waals surface area (Å²) in [7, 11) is 0. The van der Waals surface area contributed by atoms with E-state index in [2.05, 4.69) is 21.4 Å². The summed E-state index contributed by atoms with van der Waals surface area (Å²) in [4.78, 5) is 15.3. The lowest BCUT2D eigenvalue weighted by atomic mass is 9.99. The highest BCUT2D eigenvalue weighted by atomic mass is 19.1. The van der Waals surface area contributed by atoms with Crippen LogP contribution in [-0.2, 0) is 11.2 Å². The molecule has 3 N–H and O–H groups in total. The zero-order valence-electron chi connectivity index (χ0n) is 21.1. The van der Waals surface area contributed by atoms with E-state index in [4.69, 9.17) is 9.47 Å². The fourth-order valence-corrected chi connectivity index (χ4v) is 5.12. The van der Waals surface area contributed by atoms with Gasteiger partial charge in [0.15, 0.2) is 17.3 Å². The van der Waals surface area contributed by atoms with Crippen LogP contribution in [0.3, 0.4) is 0 Å². The monoisotopic (exact) mass is 521 g/mol. The molecule has 8 nitrogen and oxygen atoms in total. The van der Waals surface area contributed by atoms with Crippen LogP contribution >= 0.6 is 0 Å². The van der Waals surface area contributed by atoms with E-state index in [-0.39, 0.29) is 42.4 Å². The fourth-order valence-electron chi connectivity index (χ4n) is 5.12. The van der Waals surface area contributed by atoms with Crippen molar-refractivity contribution in [2.75, 3.05) is 32.8 Å². The second-order valence-corrected chi connectivity index (χ2v) is 9.79. The molecule has 0 radical (unpaired) electrons. The van der Waals surface area contributed by atoms with E-state index < -0.39 is 23.9 Å². The third-order valence-electron chi connectivity index (χ3n) is 7.16. The highest BCUT2D eigenvalue weighted by Crippen LogP contribution is 2.36. The maximum absolute atomic E-state index is 14.7. The number of oxime groups is 1. The molecule has 3 aromatic carbocycles. The number of likely N-dealkylation sites (tertiary alicyclic amines) is 1. The van der Waals surface area contributed by atoms with Crippen molar-refractivity contribution in [1.29, 1.82) is 0 Å². The molecule has 2 heterocycles. The van der Waals surface area contributed by atoms with Gasteiger partial charge in [0, 0.05) is 13.0 Å². The summed E-state index contributed by atoms with van der Waals surface area (Å²) < 4.78 is 25.6. The van der Waals surface area contributed by atoms with Crippen LogP contribution in [0.1, 0.15) is 36.5 Å². The Hall–Kier alpha value is -3.69. The molecule has 1 fully saturated rings. The van der Waals surface area contributed by atoms with Crippen LogP contribution in [0, 0.1) is 5.82 Å². The predicted octanol–water partition coefficient (Wildman–Crippen LogP) is 3.83. The SMILES string of the molecule is O=C(N[C@H](CN1CCCC1)[C@H](O)c1cc(F)c2c(c1)OCCO2)/C(CCc1ccc2ccccc2c1)=N/O. The van der Waals surface area contributed by atoms with E-state index in [1.54, 1.807) is 6.07 Å².